The molecule has 0 saturated heterocycles. The van der Waals surface area contributed by atoms with Gasteiger partial charge < -0.3 is 0 Å². The highest BCUT2D eigenvalue weighted by atomic mass is 16.1. The van der Waals surface area contributed by atoms with E-state index in [0.29, 0.717) is 11.7 Å². The van der Waals surface area contributed by atoms with Gasteiger partial charge >= 0.3 is 0 Å². The van der Waals surface area contributed by atoms with Crippen LogP contribution < -0.4 is 0 Å². The summed E-state index contributed by atoms with van der Waals surface area (Å²) in [5, 5.41) is 0. The van der Waals surface area contributed by atoms with Crippen LogP contribution in [0.2, 0.25) is 0 Å². The first-order chi connectivity index (χ1) is 9.81. The van der Waals surface area contributed by atoms with Crippen LogP contribution in [-0.4, -0.2) is 5.78 Å². The lowest BCUT2D eigenvalue weighted by Crippen LogP contribution is -2.30. The molecule has 2 aromatic rings. The van der Waals surface area contributed by atoms with Gasteiger partial charge in [-0.3, -0.25) is 4.79 Å². The molecule has 20 heavy (non-hydrogen) atoms. The van der Waals surface area contributed by atoms with Gasteiger partial charge in [0.1, 0.15) is 0 Å². The van der Waals surface area contributed by atoms with Crippen molar-refractivity contribution in [1.29, 1.82) is 0 Å². The molecule has 0 amide bonds. The Kier molecular flexibility index (Phi) is 2.56. The van der Waals surface area contributed by atoms with E-state index in [2.05, 4.69) is 36.4 Å². The van der Waals surface area contributed by atoms with E-state index in [1.165, 1.54) is 17.5 Å². The van der Waals surface area contributed by atoms with Crippen molar-refractivity contribution in [3.63, 3.8) is 0 Å². The second kappa shape index (κ2) is 4.31. The number of carbonyl (C=O) groups is 1. The molecule has 2 aliphatic rings. The summed E-state index contributed by atoms with van der Waals surface area (Å²) in [6, 6.07) is 18.7. The van der Waals surface area contributed by atoms with Crippen LogP contribution in [0.4, 0.5) is 0 Å². The summed E-state index contributed by atoms with van der Waals surface area (Å²) in [7, 11) is 0. The molecule has 0 aliphatic heterocycles. The summed E-state index contributed by atoms with van der Waals surface area (Å²) < 4.78 is 0. The van der Waals surface area contributed by atoms with Gasteiger partial charge in [-0.15, -0.1) is 0 Å². The quantitative estimate of drug-likeness (QED) is 0.785. The molecule has 2 aromatic carbocycles. The molecular formula is C19H18O. The maximum absolute atomic E-state index is 13.0. The van der Waals surface area contributed by atoms with Crippen molar-refractivity contribution >= 4 is 5.78 Å². The first-order valence-corrected chi connectivity index (χ1v) is 7.49. The molecule has 100 valence electrons. The normalized spacial score (nSPS) is 27.4. The van der Waals surface area contributed by atoms with Gasteiger partial charge in [-0.1, -0.05) is 61.0 Å². The van der Waals surface area contributed by atoms with Crippen LogP contribution in [0.1, 0.15) is 46.7 Å². The SMILES string of the molecule is O=C1c2ccccc2C2CCCC12Cc1ccccc1. The van der Waals surface area contributed by atoms with Crippen LogP contribution in [0.25, 0.3) is 0 Å². The third-order valence-electron chi connectivity index (χ3n) is 5.18. The summed E-state index contributed by atoms with van der Waals surface area (Å²) in [6.45, 7) is 0. The molecule has 2 unspecified atom stereocenters. The fraction of sp³-hybridized carbons (Fsp3) is 0.316. The zero-order valence-corrected chi connectivity index (χ0v) is 11.5. The van der Waals surface area contributed by atoms with Gasteiger partial charge in [0, 0.05) is 11.0 Å². The largest absolute Gasteiger partial charge is 0.294 e. The molecule has 0 bridgehead atoms. The van der Waals surface area contributed by atoms with Crippen molar-refractivity contribution in [1.82, 2.24) is 0 Å². The van der Waals surface area contributed by atoms with E-state index < -0.39 is 0 Å². The molecule has 1 nitrogen and oxygen atoms in total. The lowest BCUT2D eigenvalue weighted by Gasteiger charge is -2.28. The number of Topliss-reactive ketones (excluding diaryl/α,β-unsaturated/α-hetero) is 1. The van der Waals surface area contributed by atoms with Crippen molar-refractivity contribution in [2.45, 2.75) is 31.6 Å². The lowest BCUT2D eigenvalue weighted by atomic mass is 9.73. The third-order valence-corrected chi connectivity index (χ3v) is 5.18. The van der Waals surface area contributed by atoms with Crippen LogP contribution in [0.3, 0.4) is 0 Å². The molecule has 2 aliphatic carbocycles. The van der Waals surface area contributed by atoms with Crippen LogP contribution in [0.5, 0.6) is 0 Å². The number of rotatable bonds is 2. The van der Waals surface area contributed by atoms with E-state index in [9.17, 15) is 4.79 Å². The number of ketones is 1. The number of hydrogen-bond donors (Lipinski definition) is 0. The van der Waals surface area contributed by atoms with Gasteiger partial charge in [-0.05, 0) is 36.3 Å². The standard InChI is InChI=1S/C19H18O/c20-18-16-10-5-4-9-15(16)17-11-6-12-19(17,18)13-14-7-2-1-3-8-14/h1-5,7-10,17H,6,11-13H2. The van der Waals surface area contributed by atoms with Crippen LogP contribution in [0.15, 0.2) is 54.6 Å². The maximum Gasteiger partial charge on any atom is 0.170 e. The zero-order valence-electron chi connectivity index (χ0n) is 11.5. The minimum absolute atomic E-state index is 0.162. The van der Waals surface area contributed by atoms with Gasteiger partial charge in [0.15, 0.2) is 5.78 Å². The maximum atomic E-state index is 13.0. The van der Waals surface area contributed by atoms with Crippen molar-refractivity contribution in [3.05, 3.63) is 71.3 Å². The fourth-order valence-corrected chi connectivity index (χ4v) is 4.32. The Hall–Kier alpha value is -1.89. The highest BCUT2D eigenvalue weighted by Gasteiger charge is 2.54. The molecule has 2 atom stereocenters. The van der Waals surface area contributed by atoms with Gasteiger partial charge in [0.05, 0.1) is 0 Å². The monoisotopic (exact) mass is 262 g/mol. The Labute approximate surface area is 119 Å². The van der Waals surface area contributed by atoms with Crippen LogP contribution in [-0.2, 0) is 6.42 Å². The average Bonchev–Trinajstić information content (AvgIpc) is 3.00. The molecule has 0 radical (unpaired) electrons. The minimum Gasteiger partial charge on any atom is -0.294 e. The highest BCUT2D eigenvalue weighted by Crippen LogP contribution is 2.58. The van der Waals surface area contributed by atoms with Gasteiger partial charge in [0.25, 0.3) is 0 Å². The molecule has 0 spiro atoms. The van der Waals surface area contributed by atoms with E-state index >= 15 is 0 Å². The second-order valence-corrected chi connectivity index (χ2v) is 6.18. The summed E-state index contributed by atoms with van der Waals surface area (Å²) in [5.41, 5.74) is 3.41. The molecule has 1 fully saturated rings. The summed E-state index contributed by atoms with van der Waals surface area (Å²) >= 11 is 0. The topological polar surface area (TPSA) is 17.1 Å². The fourth-order valence-electron chi connectivity index (χ4n) is 4.32. The number of hydrogen-bond acceptors (Lipinski definition) is 1. The van der Waals surface area contributed by atoms with Gasteiger partial charge in [0.2, 0.25) is 0 Å². The predicted molar refractivity (Wildman–Crippen MR) is 79.9 cm³/mol. The van der Waals surface area contributed by atoms with Crippen molar-refractivity contribution < 1.29 is 4.79 Å². The third kappa shape index (κ3) is 1.53. The molecule has 0 N–H and O–H groups in total. The molecule has 0 heterocycles. The number of benzene rings is 2. The van der Waals surface area contributed by atoms with E-state index in [1.54, 1.807) is 0 Å². The minimum atomic E-state index is -0.162. The van der Waals surface area contributed by atoms with Crippen LogP contribution in [0, 0.1) is 5.41 Å². The Morgan fingerprint density at radius 1 is 1.00 bits per heavy atom. The Bertz CT molecular complexity index is 658. The average molecular weight is 262 g/mol. The first kappa shape index (κ1) is 11.9. The number of fused-ring (bicyclic) bond motifs is 3. The summed E-state index contributed by atoms with van der Waals surface area (Å²) in [5.74, 6) is 0.825. The Balaban J connectivity index is 1.80. The van der Waals surface area contributed by atoms with E-state index in [4.69, 9.17) is 0 Å². The Morgan fingerprint density at radius 2 is 1.75 bits per heavy atom. The number of carbonyl (C=O) groups excluding carboxylic acids is 1. The van der Waals surface area contributed by atoms with E-state index in [-0.39, 0.29) is 5.41 Å². The lowest BCUT2D eigenvalue weighted by molar-refractivity contribution is 0.0805. The van der Waals surface area contributed by atoms with Crippen LogP contribution >= 0.6 is 0 Å². The van der Waals surface area contributed by atoms with Gasteiger partial charge in [-0.25, -0.2) is 0 Å². The molecular weight excluding hydrogens is 244 g/mol. The van der Waals surface area contributed by atoms with Crippen molar-refractivity contribution in [2.75, 3.05) is 0 Å². The first-order valence-electron chi connectivity index (χ1n) is 7.49. The highest BCUT2D eigenvalue weighted by molar-refractivity contribution is 6.06. The van der Waals surface area contributed by atoms with E-state index in [1.807, 2.05) is 18.2 Å². The predicted octanol–water partition coefficient (Wildman–Crippen LogP) is 4.38. The zero-order chi connectivity index (χ0) is 13.6. The second-order valence-electron chi connectivity index (χ2n) is 6.18. The molecule has 1 saturated carbocycles. The van der Waals surface area contributed by atoms with Crippen molar-refractivity contribution in [3.8, 4) is 0 Å². The molecule has 4 rings (SSSR count). The smallest absolute Gasteiger partial charge is 0.170 e. The van der Waals surface area contributed by atoms with Gasteiger partial charge in [-0.2, -0.15) is 0 Å². The Morgan fingerprint density at radius 3 is 2.60 bits per heavy atom. The summed E-state index contributed by atoms with van der Waals surface area (Å²) in [6.07, 6.45) is 4.28. The van der Waals surface area contributed by atoms with E-state index in [0.717, 1.165) is 24.8 Å². The molecule has 1 heteroatoms. The van der Waals surface area contributed by atoms with Crippen molar-refractivity contribution in [2.24, 2.45) is 5.41 Å². The summed E-state index contributed by atoms with van der Waals surface area (Å²) in [4.78, 5) is 13.0. The molecule has 0 aromatic heterocycles.